The van der Waals surface area contributed by atoms with Crippen LogP contribution in [0.15, 0.2) is 58.8 Å². The van der Waals surface area contributed by atoms with Crippen molar-refractivity contribution < 1.29 is 8.95 Å². The first-order valence-electron chi connectivity index (χ1n) is 10.6. The Morgan fingerprint density at radius 2 is 1.94 bits per heavy atom. The molecule has 32 heavy (non-hydrogen) atoms. The summed E-state index contributed by atoms with van der Waals surface area (Å²) in [6, 6.07) is 13.8. The number of thiazole rings is 1. The van der Waals surface area contributed by atoms with Crippen molar-refractivity contribution in [2.45, 2.75) is 31.3 Å². The fraction of sp³-hybridized carbons (Fsp3) is 0.292. The van der Waals surface area contributed by atoms with Gasteiger partial charge in [-0.25, -0.2) is 14.3 Å². The van der Waals surface area contributed by atoms with Crippen LogP contribution in [0.1, 0.15) is 25.8 Å². The number of likely N-dealkylation sites (N-methyl/N-ethyl adjacent to an activating group) is 1. The summed E-state index contributed by atoms with van der Waals surface area (Å²) in [7, 11) is 0.578. The summed E-state index contributed by atoms with van der Waals surface area (Å²) in [5.41, 5.74) is 5.36. The molecule has 0 spiro atoms. The van der Waals surface area contributed by atoms with E-state index in [0.29, 0.717) is 16.3 Å². The van der Waals surface area contributed by atoms with Crippen molar-refractivity contribution in [3.63, 3.8) is 0 Å². The van der Waals surface area contributed by atoms with E-state index in [1.807, 2.05) is 19.2 Å². The first kappa shape index (κ1) is 22.7. The lowest BCUT2D eigenvalue weighted by atomic mass is 9.98. The van der Waals surface area contributed by atoms with Crippen molar-refractivity contribution in [1.82, 2.24) is 9.88 Å². The number of benzene rings is 2. The lowest BCUT2D eigenvalue weighted by molar-refractivity contribution is 0.243. The second kappa shape index (κ2) is 9.95. The van der Waals surface area contributed by atoms with E-state index in [9.17, 15) is 4.21 Å². The molecule has 3 aromatic rings. The van der Waals surface area contributed by atoms with Gasteiger partial charge in [0, 0.05) is 24.0 Å². The van der Waals surface area contributed by atoms with E-state index in [0.717, 1.165) is 35.9 Å². The lowest BCUT2D eigenvalue weighted by Crippen LogP contribution is -2.23. The van der Waals surface area contributed by atoms with Gasteiger partial charge in [0.25, 0.3) is 0 Å². The third kappa shape index (κ3) is 5.45. The number of rotatable bonds is 7. The maximum atomic E-state index is 11.7. The molecule has 1 unspecified atom stereocenters. The summed E-state index contributed by atoms with van der Waals surface area (Å²) in [4.78, 5) is 7.59. The van der Waals surface area contributed by atoms with Crippen LogP contribution in [0.25, 0.3) is 16.8 Å². The Hall–Kier alpha value is -2.52. The summed E-state index contributed by atoms with van der Waals surface area (Å²) >= 11 is 1.51. The van der Waals surface area contributed by atoms with E-state index < -0.39 is 11.0 Å². The molecular weight excluding hydrogens is 440 g/mol. The SMILES string of the molecule is CC(C)Oc1ccc(S(N)=O)cc1Nc1nc(-c2ccc(C3=CCN(C)CC3)cc2)cs1. The summed E-state index contributed by atoms with van der Waals surface area (Å²) in [5, 5.41) is 11.6. The van der Waals surface area contributed by atoms with Crippen LogP contribution in [0.2, 0.25) is 0 Å². The fourth-order valence-electron chi connectivity index (χ4n) is 3.56. The molecule has 8 heteroatoms. The predicted octanol–water partition coefficient (Wildman–Crippen LogP) is 5.04. The molecule has 2 aromatic carbocycles. The number of hydrogen-bond donors (Lipinski definition) is 2. The molecule has 0 saturated heterocycles. The van der Waals surface area contributed by atoms with Crippen molar-refractivity contribution in [1.29, 1.82) is 0 Å². The van der Waals surface area contributed by atoms with Crippen molar-refractivity contribution >= 4 is 38.7 Å². The number of nitrogens with zero attached hydrogens (tertiary/aromatic N) is 2. The third-order valence-electron chi connectivity index (χ3n) is 5.26. The lowest BCUT2D eigenvalue weighted by Gasteiger charge is -2.22. The van der Waals surface area contributed by atoms with Gasteiger partial charge in [-0.05, 0) is 56.7 Å². The molecule has 0 radical (unpaired) electrons. The minimum atomic E-state index is -1.57. The molecule has 1 aliphatic heterocycles. The first-order valence-corrected chi connectivity index (χ1v) is 12.7. The van der Waals surface area contributed by atoms with Crippen LogP contribution >= 0.6 is 11.3 Å². The predicted molar refractivity (Wildman–Crippen MR) is 134 cm³/mol. The molecule has 1 atom stereocenters. The molecule has 2 heterocycles. The largest absolute Gasteiger partial charge is 0.489 e. The zero-order valence-corrected chi connectivity index (χ0v) is 20.1. The van der Waals surface area contributed by atoms with Crippen LogP contribution < -0.4 is 15.2 Å². The molecule has 4 rings (SSSR count). The Kier molecular flexibility index (Phi) is 7.05. The fourth-order valence-corrected chi connectivity index (χ4v) is 4.72. The number of ether oxygens (including phenoxy) is 1. The topological polar surface area (TPSA) is 80.5 Å². The molecule has 168 valence electrons. The van der Waals surface area contributed by atoms with Crippen molar-refractivity contribution in [3.05, 3.63) is 59.5 Å². The molecule has 6 nitrogen and oxygen atoms in total. The van der Waals surface area contributed by atoms with Crippen LogP contribution in [-0.2, 0) is 11.0 Å². The Labute approximate surface area is 195 Å². The van der Waals surface area contributed by atoms with E-state index in [1.54, 1.807) is 18.2 Å². The zero-order valence-electron chi connectivity index (χ0n) is 18.5. The van der Waals surface area contributed by atoms with Crippen LogP contribution in [0.4, 0.5) is 10.8 Å². The minimum Gasteiger partial charge on any atom is -0.489 e. The highest BCUT2D eigenvalue weighted by Gasteiger charge is 2.13. The van der Waals surface area contributed by atoms with Gasteiger partial charge < -0.3 is 15.0 Å². The van der Waals surface area contributed by atoms with Gasteiger partial charge in [-0.15, -0.1) is 11.3 Å². The van der Waals surface area contributed by atoms with Crippen LogP contribution in [0, 0.1) is 0 Å². The number of nitrogens with one attached hydrogen (secondary N) is 1. The monoisotopic (exact) mass is 468 g/mol. The van der Waals surface area contributed by atoms with E-state index >= 15 is 0 Å². The Morgan fingerprint density at radius 1 is 1.19 bits per heavy atom. The first-order chi connectivity index (χ1) is 15.4. The average molecular weight is 469 g/mol. The van der Waals surface area contributed by atoms with Gasteiger partial charge in [-0.1, -0.05) is 30.3 Å². The molecule has 0 saturated carbocycles. The number of hydrogen-bond acceptors (Lipinski definition) is 6. The highest BCUT2D eigenvalue weighted by Crippen LogP contribution is 2.34. The normalized spacial score (nSPS) is 15.5. The number of nitrogens with two attached hydrogens (primary N) is 1. The molecule has 1 aromatic heterocycles. The van der Waals surface area contributed by atoms with Crippen molar-refractivity contribution in [2.24, 2.45) is 5.14 Å². The summed E-state index contributed by atoms with van der Waals surface area (Å²) in [6.07, 6.45) is 3.39. The third-order valence-corrected chi connectivity index (χ3v) is 6.73. The van der Waals surface area contributed by atoms with Crippen molar-refractivity contribution in [2.75, 3.05) is 25.5 Å². The Bertz CT molecular complexity index is 1140. The molecule has 0 amide bonds. The second-order valence-electron chi connectivity index (χ2n) is 8.10. The average Bonchev–Trinajstić information content (AvgIpc) is 3.24. The van der Waals surface area contributed by atoms with Gasteiger partial charge in [-0.2, -0.15) is 0 Å². The number of aromatic nitrogens is 1. The maximum absolute atomic E-state index is 11.7. The zero-order chi connectivity index (χ0) is 22.7. The van der Waals surface area contributed by atoms with Gasteiger partial charge in [0.1, 0.15) is 16.7 Å². The van der Waals surface area contributed by atoms with Gasteiger partial charge in [0.2, 0.25) is 0 Å². The van der Waals surface area contributed by atoms with E-state index in [4.69, 9.17) is 14.9 Å². The highest BCUT2D eigenvalue weighted by molar-refractivity contribution is 7.82. The Morgan fingerprint density at radius 3 is 2.59 bits per heavy atom. The quantitative estimate of drug-likeness (QED) is 0.508. The summed E-state index contributed by atoms with van der Waals surface area (Å²) < 4.78 is 17.6. The van der Waals surface area contributed by atoms with Gasteiger partial charge >= 0.3 is 0 Å². The molecule has 0 bridgehead atoms. The molecule has 3 N–H and O–H groups in total. The van der Waals surface area contributed by atoms with Crippen LogP contribution in [0.5, 0.6) is 5.75 Å². The van der Waals surface area contributed by atoms with Crippen molar-refractivity contribution in [3.8, 4) is 17.0 Å². The minimum absolute atomic E-state index is 0.00910. The summed E-state index contributed by atoms with van der Waals surface area (Å²) in [5.74, 6) is 0.668. The molecule has 0 aliphatic carbocycles. The smallest absolute Gasteiger partial charge is 0.187 e. The molecule has 1 aliphatic rings. The second-order valence-corrected chi connectivity index (χ2v) is 10.0. The van der Waals surface area contributed by atoms with Gasteiger partial charge in [0.05, 0.1) is 22.4 Å². The van der Waals surface area contributed by atoms with Crippen LogP contribution in [0.3, 0.4) is 0 Å². The summed E-state index contributed by atoms with van der Waals surface area (Å²) in [6.45, 7) is 6.02. The van der Waals surface area contributed by atoms with E-state index in [-0.39, 0.29) is 6.10 Å². The van der Waals surface area contributed by atoms with E-state index in [1.165, 1.54) is 22.5 Å². The highest BCUT2D eigenvalue weighted by atomic mass is 32.2. The standard InChI is InChI=1S/C24H28N4O2S2/c1-16(2)30-23-9-8-20(32(25)29)14-21(23)26-24-27-22(15-31-24)19-6-4-17(5-7-19)18-10-12-28(3)13-11-18/h4-10,14-16H,11-13,25H2,1-3H3,(H,26,27). The Balaban J connectivity index is 1.53. The maximum Gasteiger partial charge on any atom is 0.187 e. The van der Waals surface area contributed by atoms with Gasteiger partial charge in [-0.3, -0.25) is 0 Å². The molecule has 0 fully saturated rings. The van der Waals surface area contributed by atoms with E-state index in [2.05, 4.69) is 47.6 Å². The van der Waals surface area contributed by atoms with Gasteiger partial charge in [0.15, 0.2) is 5.13 Å². The number of anilines is 2. The molecular formula is C24H28N4O2S2. The van der Waals surface area contributed by atoms with Crippen LogP contribution in [-0.4, -0.2) is 40.3 Å².